The number of hydrogen-bond acceptors (Lipinski definition) is 0. The van der Waals surface area contributed by atoms with Gasteiger partial charge in [-0.2, -0.15) is 0 Å². The van der Waals surface area contributed by atoms with Gasteiger partial charge in [-0.25, -0.2) is 0 Å². The van der Waals surface area contributed by atoms with Gasteiger partial charge in [0.25, 0.3) is 0 Å². The molecule has 0 unspecified atom stereocenters. The minimum atomic E-state index is -0.0436. The quantitative estimate of drug-likeness (QED) is 0.157. The number of rotatable bonds is 4. The molecule has 13 rings (SSSR count). The molecule has 0 fully saturated rings. The Morgan fingerprint density at radius 1 is 0.254 bits per heavy atom. The number of fused-ring (bicyclic) bond motifs is 3. The Morgan fingerprint density at radius 2 is 0.661 bits per heavy atom. The van der Waals surface area contributed by atoms with E-state index in [1.807, 2.05) is 0 Å². The van der Waals surface area contributed by atoms with Crippen LogP contribution in [-0.2, 0) is 5.41 Å². The van der Waals surface area contributed by atoms with E-state index in [1.165, 1.54) is 131 Å². The summed E-state index contributed by atoms with van der Waals surface area (Å²) in [5.74, 6) is 0. The second-order valence-electron chi connectivity index (χ2n) is 17.2. The van der Waals surface area contributed by atoms with E-state index in [9.17, 15) is 0 Å². The molecule has 0 spiro atoms. The van der Waals surface area contributed by atoms with E-state index in [0.29, 0.717) is 0 Å². The lowest BCUT2D eigenvalue weighted by molar-refractivity contribution is 0.660. The molecule has 0 heteroatoms. The van der Waals surface area contributed by atoms with E-state index >= 15 is 0 Å². The zero-order chi connectivity index (χ0) is 39.0. The molecule has 0 N–H and O–H groups in total. The summed E-state index contributed by atoms with van der Waals surface area (Å²) in [6.07, 6.45) is 0. The van der Waals surface area contributed by atoms with Crippen molar-refractivity contribution >= 4 is 64.6 Å². The Hall–Kier alpha value is -7.28. The van der Waals surface area contributed by atoms with Crippen molar-refractivity contribution < 1.29 is 0 Å². The van der Waals surface area contributed by atoms with Gasteiger partial charge in [-0.3, -0.25) is 0 Å². The molecular weight excluding hydrogens is 709 g/mol. The van der Waals surface area contributed by atoms with Crippen molar-refractivity contribution in [2.24, 2.45) is 0 Å². The van der Waals surface area contributed by atoms with Crippen LogP contribution < -0.4 is 0 Å². The molecule has 0 heterocycles. The highest BCUT2D eigenvalue weighted by molar-refractivity contribution is 6.27. The van der Waals surface area contributed by atoms with Gasteiger partial charge in [-0.05, 0) is 144 Å². The van der Waals surface area contributed by atoms with Gasteiger partial charge in [0.2, 0.25) is 0 Å². The first-order valence-electron chi connectivity index (χ1n) is 20.8. The number of benzene rings is 12. The zero-order valence-corrected chi connectivity index (χ0v) is 33.0. The van der Waals surface area contributed by atoms with Gasteiger partial charge in [0.05, 0.1) is 0 Å². The molecule has 1 aliphatic rings. The average molecular weight is 747 g/mol. The molecule has 1 aliphatic carbocycles. The fourth-order valence-corrected chi connectivity index (χ4v) is 11.0. The standard InChI is InChI=1S/C59H38/c1-59(2)53-16-6-5-15-48(53)52-34-42(26-32-54(52)59)44-27-25-41(33-51(44)47-29-22-40-20-18-36-10-8-12-38-24-31-50(47)58(40)56(36)38)43-13-3-4-14-45(43)46-28-21-39-19-17-35-9-7-11-37-23-30-49(46)57(39)55(35)37/h3-34H,1-2H3. The Morgan fingerprint density at radius 3 is 1.27 bits per heavy atom. The summed E-state index contributed by atoms with van der Waals surface area (Å²) in [6, 6.07) is 73.5. The second kappa shape index (κ2) is 11.9. The van der Waals surface area contributed by atoms with Crippen molar-refractivity contribution in [1.82, 2.24) is 0 Å². The van der Waals surface area contributed by atoms with Gasteiger partial charge in [0, 0.05) is 5.41 Å². The van der Waals surface area contributed by atoms with Crippen LogP contribution in [0.2, 0.25) is 0 Å². The highest BCUT2D eigenvalue weighted by Gasteiger charge is 2.35. The van der Waals surface area contributed by atoms with Crippen LogP contribution in [0, 0.1) is 0 Å². The maximum absolute atomic E-state index is 2.47. The summed E-state index contributed by atoms with van der Waals surface area (Å²) in [5, 5.41) is 15.7. The molecule has 0 radical (unpaired) electrons. The molecule has 0 bridgehead atoms. The molecule has 12 aromatic carbocycles. The van der Waals surface area contributed by atoms with Gasteiger partial charge >= 0.3 is 0 Å². The normalized spacial score (nSPS) is 13.4. The van der Waals surface area contributed by atoms with E-state index in [1.54, 1.807) is 0 Å². The molecular formula is C59H38. The summed E-state index contributed by atoms with van der Waals surface area (Å²) in [4.78, 5) is 0. The smallest absolute Gasteiger partial charge is 0.0158 e. The molecule has 0 amide bonds. The molecule has 12 aromatic rings. The van der Waals surface area contributed by atoms with Crippen LogP contribution in [-0.4, -0.2) is 0 Å². The van der Waals surface area contributed by atoms with Gasteiger partial charge in [0.1, 0.15) is 0 Å². The van der Waals surface area contributed by atoms with Crippen LogP contribution in [0.15, 0.2) is 194 Å². The topological polar surface area (TPSA) is 0 Å². The minimum Gasteiger partial charge on any atom is -0.0619 e. The van der Waals surface area contributed by atoms with E-state index in [2.05, 4.69) is 208 Å². The Bertz CT molecular complexity index is 3660. The van der Waals surface area contributed by atoms with Crippen molar-refractivity contribution in [3.05, 3.63) is 205 Å². The van der Waals surface area contributed by atoms with Crippen LogP contribution in [0.4, 0.5) is 0 Å². The molecule has 0 saturated carbocycles. The summed E-state index contributed by atoms with van der Waals surface area (Å²) in [7, 11) is 0. The molecule has 0 saturated heterocycles. The van der Waals surface area contributed by atoms with Crippen molar-refractivity contribution in [2.45, 2.75) is 19.3 Å². The minimum absolute atomic E-state index is 0.0436. The van der Waals surface area contributed by atoms with Gasteiger partial charge in [0.15, 0.2) is 0 Å². The second-order valence-corrected chi connectivity index (χ2v) is 17.2. The van der Waals surface area contributed by atoms with Crippen LogP contribution >= 0.6 is 0 Å². The van der Waals surface area contributed by atoms with Crippen LogP contribution in [0.3, 0.4) is 0 Å². The van der Waals surface area contributed by atoms with Gasteiger partial charge in [-0.1, -0.05) is 196 Å². The van der Waals surface area contributed by atoms with E-state index in [-0.39, 0.29) is 5.41 Å². The largest absolute Gasteiger partial charge is 0.0619 e. The average Bonchev–Trinajstić information content (AvgIpc) is 3.52. The van der Waals surface area contributed by atoms with Crippen molar-refractivity contribution in [1.29, 1.82) is 0 Å². The molecule has 274 valence electrons. The van der Waals surface area contributed by atoms with Crippen molar-refractivity contribution in [3.8, 4) is 55.6 Å². The highest BCUT2D eigenvalue weighted by atomic mass is 14.4. The third-order valence-corrected chi connectivity index (χ3v) is 13.8. The Labute approximate surface area is 343 Å². The van der Waals surface area contributed by atoms with E-state index in [0.717, 1.165) is 0 Å². The third kappa shape index (κ3) is 4.55. The molecule has 59 heavy (non-hydrogen) atoms. The van der Waals surface area contributed by atoms with Crippen LogP contribution in [0.5, 0.6) is 0 Å². The predicted octanol–water partition coefficient (Wildman–Crippen LogP) is 16.5. The van der Waals surface area contributed by atoms with Crippen molar-refractivity contribution in [3.63, 3.8) is 0 Å². The maximum Gasteiger partial charge on any atom is 0.0158 e. The Balaban J connectivity index is 1.07. The first-order chi connectivity index (χ1) is 29.0. The summed E-state index contributed by atoms with van der Waals surface area (Å²) in [6.45, 7) is 4.72. The predicted molar refractivity (Wildman–Crippen MR) is 253 cm³/mol. The van der Waals surface area contributed by atoms with Crippen molar-refractivity contribution in [2.75, 3.05) is 0 Å². The fourth-order valence-electron chi connectivity index (χ4n) is 11.0. The number of hydrogen-bond donors (Lipinski definition) is 0. The zero-order valence-electron chi connectivity index (χ0n) is 33.0. The van der Waals surface area contributed by atoms with Crippen LogP contribution in [0.25, 0.3) is 120 Å². The molecule has 0 aliphatic heterocycles. The summed E-state index contributed by atoms with van der Waals surface area (Å²) in [5.41, 5.74) is 15.4. The lowest BCUT2D eigenvalue weighted by atomic mass is 9.81. The Kier molecular flexibility index (Phi) is 6.60. The molecule has 0 nitrogen and oxygen atoms in total. The fraction of sp³-hybridized carbons (Fsp3) is 0.0508. The van der Waals surface area contributed by atoms with Gasteiger partial charge in [-0.15, -0.1) is 0 Å². The first kappa shape index (κ1) is 32.8. The first-order valence-corrected chi connectivity index (χ1v) is 20.8. The maximum atomic E-state index is 2.47. The van der Waals surface area contributed by atoms with E-state index in [4.69, 9.17) is 0 Å². The SMILES string of the molecule is CC1(C)c2ccccc2-c2cc(-c3ccc(-c4ccccc4-c4ccc5ccc6cccc7ccc4c5c67)cc3-c3ccc4ccc5cccc6ccc3c4c56)ccc21. The third-order valence-electron chi connectivity index (χ3n) is 13.8. The molecule has 0 atom stereocenters. The van der Waals surface area contributed by atoms with Crippen LogP contribution in [0.1, 0.15) is 25.0 Å². The molecule has 0 aromatic heterocycles. The summed E-state index contributed by atoms with van der Waals surface area (Å²) < 4.78 is 0. The van der Waals surface area contributed by atoms with E-state index < -0.39 is 0 Å². The van der Waals surface area contributed by atoms with Gasteiger partial charge < -0.3 is 0 Å². The summed E-state index contributed by atoms with van der Waals surface area (Å²) >= 11 is 0. The lowest BCUT2D eigenvalue weighted by Crippen LogP contribution is -2.14. The highest BCUT2D eigenvalue weighted by Crippen LogP contribution is 2.51. The monoisotopic (exact) mass is 746 g/mol. The lowest BCUT2D eigenvalue weighted by Gasteiger charge is -2.22.